The fraction of sp³-hybridized carbons (Fsp3) is 0.333. The third-order valence-electron chi connectivity index (χ3n) is 0.649. The average molecular weight is 157 g/mol. The molecule has 0 aliphatic carbocycles. The summed E-state index contributed by atoms with van der Waals surface area (Å²) in [5, 5.41) is 9.60. The Bertz CT molecular complexity index is 171. The zero-order chi connectivity index (χ0) is 7.82. The van der Waals surface area contributed by atoms with E-state index in [2.05, 4.69) is 4.74 Å². The first-order valence-corrected chi connectivity index (χ1v) is 3.59. The van der Waals surface area contributed by atoms with E-state index in [1.165, 1.54) is 30.4 Å². The molecule has 54 valence electrons. The summed E-state index contributed by atoms with van der Waals surface area (Å²) >= 11 is 1.25. The van der Waals surface area contributed by atoms with E-state index >= 15 is 0 Å². The van der Waals surface area contributed by atoms with Crippen molar-refractivity contribution in [2.45, 2.75) is 0 Å². The van der Waals surface area contributed by atoms with Gasteiger partial charge in [0.1, 0.15) is 0 Å². The quantitative estimate of drug-likeness (QED) is 0.347. The summed E-state index contributed by atoms with van der Waals surface area (Å²) in [6.45, 7) is 0. The van der Waals surface area contributed by atoms with Gasteiger partial charge in [0.05, 0.1) is 18.9 Å². The molecule has 0 heterocycles. The van der Waals surface area contributed by atoms with Gasteiger partial charge in [0.2, 0.25) is 0 Å². The van der Waals surface area contributed by atoms with Crippen molar-refractivity contribution in [1.29, 1.82) is 5.26 Å². The van der Waals surface area contributed by atoms with E-state index in [0.717, 1.165) is 0 Å². The predicted molar refractivity (Wildman–Crippen MR) is 39.2 cm³/mol. The van der Waals surface area contributed by atoms with Crippen LogP contribution in [0.25, 0.3) is 0 Å². The van der Waals surface area contributed by atoms with Crippen LogP contribution in [0.15, 0.2) is 11.5 Å². The summed E-state index contributed by atoms with van der Waals surface area (Å²) in [5.41, 5.74) is 0. The van der Waals surface area contributed by atoms with Crippen LogP contribution in [0, 0.1) is 11.3 Å². The number of nitrogens with zero attached hydrogens (tertiary/aromatic N) is 1. The molecule has 0 amide bonds. The van der Waals surface area contributed by atoms with Gasteiger partial charge >= 0.3 is 5.97 Å². The van der Waals surface area contributed by atoms with Crippen molar-refractivity contribution in [2.75, 3.05) is 12.9 Å². The highest BCUT2D eigenvalue weighted by Gasteiger charge is 1.88. The first kappa shape index (κ1) is 9.05. The van der Waals surface area contributed by atoms with Gasteiger partial charge in [-0.15, -0.1) is 11.8 Å². The molecule has 0 aromatic rings. The summed E-state index contributed by atoms with van der Waals surface area (Å²) < 4.78 is 4.31. The summed E-state index contributed by atoms with van der Waals surface area (Å²) in [5.74, 6) is -0.0431. The number of esters is 1. The van der Waals surface area contributed by atoms with Gasteiger partial charge in [0, 0.05) is 6.08 Å². The van der Waals surface area contributed by atoms with E-state index in [-0.39, 0.29) is 0 Å². The van der Waals surface area contributed by atoms with Crippen LogP contribution in [0.1, 0.15) is 0 Å². The molecule has 0 rings (SSSR count). The van der Waals surface area contributed by atoms with E-state index in [4.69, 9.17) is 5.26 Å². The predicted octanol–water partition coefficient (Wildman–Crippen LogP) is 0.930. The Hall–Kier alpha value is -0.950. The molecule has 0 bridgehead atoms. The number of hydrogen-bond acceptors (Lipinski definition) is 4. The number of hydrogen-bond donors (Lipinski definition) is 0. The summed E-state index contributed by atoms with van der Waals surface area (Å²) in [4.78, 5) is 10.4. The number of thioether (sulfide) groups is 1. The highest BCUT2D eigenvalue weighted by molar-refractivity contribution is 8.02. The van der Waals surface area contributed by atoms with Gasteiger partial charge in [-0.3, -0.25) is 0 Å². The highest BCUT2D eigenvalue weighted by atomic mass is 32.2. The maximum Gasteiger partial charge on any atom is 0.330 e. The van der Waals surface area contributed by atoms with Gasteiger partial charge in [-0.2, -0.15) is 5.26 Å². The number of carbonyl (C=O) groups is 1. The number of carbonyl (C=O) groups excluding carboxylic acids is 1. The van der Waals surface area contributed by atoms with Crippen LogP contribution in [0.4, 0.5) is 0 Å². The monoisotopic (exact) mass is 157 g/mol. The lowest BCUT2D eigenvalue weighted by Crippen LogP contribution is -1.92. The van der Waals surface area contributed by atoms with Gasteiger partial charge in [0.25, 0.3) is 0 Å². The van der Waals surface area contributed by atoms with Crippen molar-refractivity contribution in [3.63, 3.8) is 0 Å². The highest BCUT2D eigenvalue weighted by Crippen LogP contribution is 1.99. The molecule has 0 saturated heterocycles. The first-order valence-electron chi connectivity index (χ1n) is 2.54. The van der Waals surface area contributed by atoms with Crippen LogP contribution >= 0.6 is 11.8 Å². The molecular weight excluding hydrogens is 150 g/mol. The van der Waals surface area contributed by atoms with Crippen molar-refractivity contribution < 1.29 is 9.53 Å². The second-order valence-electron chi connectivity index (χ2n) is 1.30. The average Bonchev–Trinajstić information content (AvgIpc) is 1.98. The molecule has 0 N–H and O–H groups in total. The fourth-order valence-electron chi connectivity index (χ4n) is 0.257. The Balaban J connectivity index is 3.38. The molecule has 0 fully saturated rings. The van der Waals surface area contributed by atoms with E-state index in [9.17, 15) is 4.79 Å². The molecule has 0 spiro atoms. The summed E-state index contributed by atoms with van der Waals surface area (Å²) in [7, 11) is 1.31. The number of ether oxygens (including phenoxy) is 1. The molecule has 0 aliphatic rings. The van der Waals surface area contributed by atoms with Crippen LogP contribution in [0.3, 0.4) is 0 Å². The van der Waals surface area contributed by atoms with Crippen LogP contribution in [0.2, 0.25) is 0 Å². The first-order chi connectivity index (χ1) is 4.81. The lowest BCUT2D eigenvalue weighted by atomic mass is 10.7. The van der Waals surface area contributed by atoms with Crippen LogP contribution in [-0.2, 0) is 9.53 Å². The Labute approximate surface area is 63.7 Å². The largest absolute Gasteiger partial charge is 0.466 e. The van der Waals surface area contributed by atoms with Crippen molar-refractivity contribution in [3.8, 4) is 6.07 Å². The van der Waals surface area contributed by atoms with Crippen molar-refractivity contribution in [2.24, 2.45) is 0 Å². The van der Waals surface area contributed by atoms with Gasteiger partial charge in [0.15, 0.2) is 0 Å². The van der Waals surface area contributed by atoms with Gasteiger partial charge < -0.3 is 4.74 Å². The van der Waals surface area contributed by atoms with Gasteiger partial charge in [-0.25, -0.2) is 4.79 Å². The van der Waals surface area contributed by atoms with E-state index in [1.54, 1.807) is 0 Å². The normalized spacial score (nSPS) is 9.20. The Morgan fingerprint density at radius 3 is 3.10 bits per heavy atom. The van der Waals surface area contributed by atoms with Gasteiger partial charge in [-0.05, 0) is 5.41 Å². The van der Waals surface area contributed by atoms with Crippen molar-refractivity contribution >= 4 is 17.7 Å². The van der Waals surface area contributed by atoms with Gasteiger partial charge in [-0.1, -0.05) is 0 Å². The van der Waals surface area contributed by atoms with Crippen LogP contribution in [-0.4, -0.2) is 18.8 Å². The fourth-order valence-corrected chi connectivity index (χ4v) is 0.635. The summed E-state index contributed by atoms with van der Waals surface area (Å²) in [6, 6.07) is 1.92. The molecule has 0 atom stereocenters. The molecule has 0 aliphatic heterocycles. The maximum absolute atomic E-state index is 10.4. The Morgan fingerprint density at radius 1 is 1.90 bits per heavy atom. The third kappa shape index (κ3) is 5.19. The number of nitriles is 1. The Morgan fingerprint density at radius 2 is 2.60 bits per heavy atom. The second-order valence-corrected chi connectivity index (χ2v) is 2.19. The lowest BCUT2D eigenvalue weighted by Gasteiger charge is -1.86. The molecule has 0 aromatic carbocycles. The van der Waals surface area contributed by atoms with E-state index < -0.39 is 5.97 Å². The molecule has 0 unspecified atom stereocenters. The van der Waals surface area contributed by atoms with Crippen molar-refractivity contribution in [3.05, 3.63) is 11.5 Å². The molecule has 3 nitrogen and oxygen atoms in total. The van der Waals surface area contributed by atoms with E-state index in [1.807, 2.05) is 6.07 Å². The molecule has 0 aromatic heterocycles. The second kappa shape index (κ2) is 6.17. The molecular formula is C6H7NO2S. The molecule has 0 saturated carbocycles. The molecule has 4 heteroatoms. The standard InChI is InChI=1S/C6H7NO2S/c1-9-6(8)2-4-10-5-3-7/h2,4H,5H2,1H3/b4-2-. The zero-order valence-electron chi connectivity index (χ0n) is 5.53. The lowest BCUT2D eigenvalue weighted by molar-refractivity contribution is -0.134. The SMILES string of the molecule is COC(=O)/C=C\SCC#N. The number of rotatable bonds is 3. The topological polar surface area (TPSA) is 50.1 Å². The molecule has 10 heavy (non-hydrogen) atoms. The maximum atomic E-state index is 10.4. The Kier molecular flexibility index (Phi) is 5.59. The van der Waals surface area contributed by atoms with E-state index in [0.29, 0.717) is 5.75 Å². The minimum atomic E-state index is -0.398. The minimum absolute atomic E-state index is 0.355. The smallest absolute Gasteiger partial charge is 0.330 e. The summed E-state index contributed by atoms with van der Waals surface area (Å²) in [6.07, 6.45) is 1.28. The zero-order valence-corrected chi connectivity index (χ0v) is 6.35. The van der Waals surface area contributed by atoms with Crippen molar-refractivity contribution in [1.82, 2.24) is 0 Å². The van der Waals surface area contributed by atoms with Crippen LogP contribution < -0.4 is 0 Å². The number of methoxy groups -OCH3 is 1. The van der Waals surface area contributed by atoms with Crippen LogP contribution in [0.5, 0.6) is 0 Å². The molecule has 0 radical (unpaired) electrons. The third-order valence-corrected chi connectivity index (χ3v) is 1.27. The minimum Gasteiger partial charge on any atom is -0.466 e.